The molecule has 0 aliphatic rings. The topological polar surface area (TPSA) is 61.2 Å². The maximum Gasteiger partial charge on any atom is 0.242 e. The largest absolute Gasteiger partial charge is 0.242 e. The van der Waals surface area contributed by atoms with Crippen LogP contribution in [0.25, 0.3) is 0 Å². The van der Waals surface area contributed by atoms with Gasteiger partial charge in [-0.1, -0.05) is 27.5 Å². The van der Waals surface area contributed by atoms with E-state index in [2.05, 4.69) is 15.9 Å². The summed E-state index contributed by atoms with van der Waals surface area (Å²) < 4.78 is 25.3. The Morgan fingerprint density at radius 1 is 1.53 bits per heavy atom. The summed E-state index contributed by atoms with van der Waals surface area (Å²) in [6.45, 7) is 0.361. The van der Waals surface area contributed by atoms with E-state index in [1.807, 2.05) is 6.07 Å². The minimum absolute atomic E-state index is 0.0879. The van der Waals surface area contributed by atoms with E-state index in [9.17, 15) is 8.42 Å². The van der Waals surface area contributed by atoms with Gasteiger partial charge in [-0.3, -0.25) is 0 Å². The molecule has 1 aromatic rings. The predicted octanol–water partition coefficient (Wildman–Crippen LogP) is 2.23. The highest BCUT2D eigenvalue weighted by Gasteiger charge is 2.20. The predicted molar refractivity (Wildman–Crippen MR) is 69.8 cm³/mol. The van der Waals surface area contributed by atoms with Crippen molar-refractivity contribution in [2.75, 3.05) is 18.9 Å². The minimum atomic E-state index is -3.54. The number of alkyl halides is 1. The van der Waals surface area contributed by atoms with Gasteiger partial charge in [0.05, 0.1) is 15.5 Å². The van der Waals surface area contributed by atoms with Crippen LogP contribution in [0.1, 0.15) is 5.56 Å². The van der Waals surface area contributed by atoms with Crippen molar-refractivity contribution in [3.05, 3.63) is 28.8 Å². The van der Waals surface area contributed by atoms with Crippen molar-refractivity contribution >= 4 is 37.6 Å². The number of halogens is 2. The van der Waals surface area contributed by atoms with Crippen LogP contribution in [0, 0.1) is 11.3 Å². The standard InChI is InChI=1S/C10H10BrClN2O2S/c1-14(5-4-11)17(15,16)9-3-2-8(7-13)10(12)6-9/h2-3,6H,4-5H2,1H3. The minimum Gasteiger partial charge on any atom is -0.207 e. The number of rotatable bonds is 4. The van der Waals surface area contributed by atoms with Gasteiger partial charge >= 0.3 is 0 Å². The van der Waals surface area contributed by atoms with Gasteiger partial charge in [0.25, 0.3) is 0 Å². The van der Waals surface area contributed by atoms with E-state index in [1.165, 1.54) is 29.6 Å². The molecule has 7 heteroatoms. The molecule has 0 heterocycles. The van der Waals surface area contributed by atoms with Crippen molar-refractivity contribution in [3.63, 3.8) is 0 Å². The van der Waals surface area contributed by atoms with Gasteiger partial charge in [-0.25, -0.2) is 12.7 Å². The van der Waals surface area contributed by atoms with Crippen LogP contribution in [0.15, 0.2) is 23.1 Å². The highest BCUT2D eigenvalue weighted by atomic mass is 79.9. The molecule has 0 aliphatic heterocycles. The second-order valence-electron chi connectivity index (χ2n) is 3.27. The number of nitrogens with zero attached hydrogens (tertiary/aromatic N) is 2. The Hall–Kier alpha value is -0.610. The van der Waals surface area contributed by atoms with Crippen molar-refractivity contribution < 1.29 is 8.42 Å². The molecule has 92 valence electrons. The van der Waals surface area contributed by atoms with Crippen molar-refractivity contribution in [2.24, 2.45) is 0 Å². The van der Waals surface area contributed by atoms with E-state index < -0.39 is 10.0 Å². The molecule has 1 aromatic carbocycles. The summed E-state index contributed by atoms with van der Waals surface area (Å²) in [5, 5.41) is 9.39. The van der Waals surface area contributed by atoms with Crippen molar-refractivity contribution in [1.82, 2.24) is 4.31 Å². The molecule has 0 unspecified atom stereocenters. The first-order valence-electron chi connectivity index (χ1n) is 4.65. The molecule has 4 nitrogen and oxygen atoms in total. The van der Waals surface area contributed by atoms with Gasteiger partial charge in [-0.05, 0) is 18.2 Å². The van der Waals surface area contributed by atoms with E-state index in [4.69, 9.17) is 16.9 Å². The third-order valence-electron chi connectivity index (χ3n) is 2.17. The number of hydrogen-bond donors (Lipinski definition) is 0. The first kappa shape index (κ1) is 14.5. The van der Waals surface area contributed by atoms with E-state index in [-0.39, 0.29) is 15.5 Å². The SMILES string of the molecule is CN(CCBr)S(=O)(=O)c1ccc(C#N)c(Cl)c1. The molecule has 0 amide bonds. The molecular weight excluding hydrogens is 328 g/mol. The monoisotopic (exact) mass is 336 g/mol. The molecule has 0 atom stereocenters. The summed E-state index contributed by atoms with van der Waals surface area (Å²) in [7, 11) is -2.05. The molecule has 0 fully saturated rings. The van der Waals surface area contributed by atoms with Crippen LogP contribution >= 0.6 is 27.5 Å². The normalized spacial score (nSPS) is 11.5. The van der Waals surface area contributed by atoms with Crippen molar-refractivity contribution in [3.8, 4) is 6.07 Å². The van der Waals surface area contributed by atoms with E-state index >= 15 is 0 Å². The van der Waals surface area contributed by atoms with Crippen LogP contribution in [0.4, 0.5) is 0 Å². The number of benzene rings is 1. The molecule has 17 heavy (non-hydrogen) atoms. The molecule has 0 bridgehead atoms. The van der Waals surface area contributed by atoms with Crippen LogP contribution in [0.3, 0.4) is 0 Å². The van der Waals surface area contributed by atoms with Gasteiger partial charge in [0.15, 0.2) is 0 Å². The second-order valence-corrected chi connectivity index (χ2v) is 6.51. The Bertz CT molecular complexity index is 554. The molecule has 0 saturated heterocycles. The maximum absolute atomic E-state index is 12.0. The van der Waals surface area contributed by atoms with E-state index in [1.54, 1.807) is 0 Å². The number of hydrogen-bond acceptors (Lipinski definition) is 3. The Labute approximate surface area is 114 Å². The third-order valence-corrected chi connectivity index (χ3v) is 4.69. The fourth-order valence-electron chi connectivity index (χ4n) is 1.17. The Morgan fingerprint density at radius 2 is 2.18 bits per heavy atom. The van der Waals surface area contributed by atoms with Crippen LogP contribution in [-0.4, -0.2) is 31.6 Å². The average Bonchev–Trinajstić information content (AvgIpc) is 2.29. The van der Waals surface area contributed by atoms with Crippen LogP contribution < -0.4 is 0 Å². The Kier molecular flexibility index (Phi) is 4.95. The fraction of sp³-hybridized carbons (Fsp3) is 0.300. The van der Waals surface area contributed by atoms with E-state index in [0.717, 1.165) is 0 Å². The Morgan fingerprint density at radius 3 is 2.65 bits per heavy atom. The fourth-order valence-corrected chi connectivity index (χ4v) is 3.42. The van der Waals surface area contributed by atoms with E-state index in [0.29, 0.717) is 11.9 Å². The summed E-state index contributed by atoms with van der Waals surface area (Å²) in [5.41, 5.74) is 0.258. The molecule has 0 saturated carbocycles. The van der Waals surface area contributed by atoms with Gasteiger partial charge in [0.2, 0.25) is 10.0 Å². The summed E-state index contributed by atoms with van der Waals surface area (Å²) in [6.07, 6.45) is 0. The van der Waals surface area contributed by atoms with Gasteiger partial charge in [0.1, 0.15) is 6.07 Å². The first-order valence-corrected chi connectivity index (χ1v) is 7.59. The summed E-state index contributed by atoms with van der Waals surface area (Å²) in [4.78, 5) is 0.0879. The zero-order valence-electron chi connectivity index (χ0n) is 9.02. The maximum atomic E-state index is 12.0. The van der Waals surface area contributed by atoms with Gasteiger partial charge < -0.3 is 0 Å². The smallest absolute Gasteiger partial charge is 0.207 e. The van der Waals surface area contributed by atoms with Gasteiger partial charge in [-0.2, -0.15) is 5.26 Å². The molecule has 0 spiro atoms. The quantitative estimate of drug-likeness (QED) is 0.792. The first-order chi connectivity index (χ1) is 7.93. The zero-order valence-corrected chi connectivity index (χ0v) is 12.2. The molecule has 0 aliphatic carbocycles. The second kappa shape index (κ2) is 5.83. The van der Waals surface area contributed by atoms with Crippen LogP contribution in [-0.2, 0) is 10.0 Å². The molecule has 0 radical (unpaired) electrons. The lowest BCUT2D eigenvalue weighted by Crippen LogP contribution is -2.28. The summed E-state index contributed by atoms with van der Waals surface area (Å²) in [6, 6.07) is 5.95. The molecular formula is C10H10BrClN2O2S. The lowest BCUT2D eigenvalue weighted by molar-refractivity contribution is 0.489. The highest BCUT2D eigenvalue weighted by Crippen LogP contribution is 2.22. The van der Waals surface area contributed by atoms with Gasteiger partial charge in [0, 0.05) is 18.9 Å². The number of sulfonamides is 1. The Balaban J connectivity index is 3.18. The summed E-state index contributed by atoms with van der Waals surface area (Å²) in [5.74, 6) is 0. The lowest BCUT2D eigenvalue weighted by atomic mass is 10.2. The third kappa shape index (κ3) is 3.19. The zero-order chi connectivity index (χ0) is 13.1. The van der Waals surface area contributed by atoms with Gasteiger partial charge in [-0.15, -0.1) is 0 Å². The van der Waals surface area contributed by atoms with Crippen molar-refractivity contribution in [2.45, 2.75) is 4.90 Å². The lowest BCUT2D eigenvalue weighted by Gasteiger charge is -2.16. The molecule has 0 N–H and O–H groups in total. The average molecular weight is 338 g/mol. The number of nitriles is 1. The van der Waals surface area contributed by atoms with Crippen LogP contribution in [0.5, 0.6) is 0 Å². The van der Waals surface area contributed by atoms with Crippen molar-refractivity contribution in [1.29, 1.82) is 5.26 Å². The molecule has 0 aromatic heterocycles. The highest BCUT2D eigenvalue weighted by molar-refractivity contribution is 9.09. The summed E-state index contributed by atoms with van der Waals surface area (Å²) >= 11 is 8.98. The molecule has 1 rings (SSSR count). The van der Waals surface area contributed by atoms with Crippen LogP contribution in [0.2, 0.25) is 5.02 Å².